The monoisotopic (exact) mass is 240 g/mol. The zero-order chi connectivity index (χ0) is 12.3. The fraction of sp³-hybridized carbons (Fsp3) is 0.417. The van der Waals surface area contributed by atoms with Crippen molar-refractivity contribution >= 4 is 17.5 Å². The lowest BCUT2D eigenvalue weighted by Gasteiger charge is -2.28. The van der Waals surface area contributed by atoms with Crippen molar-refractivity contribution < 1.29 is 4.79 Å². The largest absolute Gasteiger partial charge is 0.368 e. The number of hydrogen-bond donors (Lipinski definition) is 2. The van der Waals surface area contributed by atoms with E-state index >= 15 is 0 Å². The van der Waals surface area contributed by atoms with Crippen molar-refractivity contribution in [1.82, 2.24) is 0 Å². The number of nitrogens with two attached hydrogens (primary N) is 2. The second-order valence-electron chi connectivity index (χ2n) is 4.44. The van der Waals surface area contributed by atoms with Crippen LogP contribution in [0.4, 0.5) is 0 Å². The topological polar surface area (TPSA) is 69.1 Å². The number of amides is 1. The van der Waals surface area contributed by atoms with Crippen molar-refractivity contribution in [1.29, 1.82) is 0 Å². The minimum atomic E-state index is -1.11. The molecule has 0 aliphatic heterocycles. The Morgan fingerprint density at radius 3 is 2.25 bits per heavy atom. The van der Waals surface area contributed by atoms with Gasteiger partial charge in [0.25, 0.3) is 0 Å². The molecular formula is C12H17ClN2O. The SMILES string of the molecule is CC(C)CC(N)(C(N)=O)c1ccc(Cl)cc1. The van der Waals surface area contributed by atoms with E-state index in [-0.39, 0.29) is 5.92 Å². The summed E-state index contributed by atoms with van der Waals surface area (Å²) in [4.78, 5) is 11.5. The van der Waals surface area contributed by atoms with E-state index in [0.29, 0.717) is 17.0 Å². The van der Waals surface area contributed by atoms with E-state index in [9.17, 15) is 4.79 Å². The molecule has 0 spiro atoms. The van der Waals surface area contributed by atoms with Crippen molar-refractivity contribution in [3.8, 4) is 0 Å². The molecule has 0 aromatic heterocycles. The summed E-state index contributed by atoms with van der Waals surface area (Å²) in [5.41, 5.74) is 11.1. The highest BCUT2D eigenvalue weighted by Crippen LogP contribution is 2.26. The van der Waals surface area contributed by atoms with Gasteiger partial charge in [-0.05, 0) is 30.0 Å². The number of primary amides is 1. The molecule has 16 heavy (non-hydrogen) atoms. The molecule has 4 heteroatoms. The summed E-state index contributed by atoms with van der Waals surface area (Å²) in [6.45, 7) is 4.00. The van der Waals surface area contributed by atoms with E-state index in [1.807, 2.05) is 13.8 Å². The maximum absolute atomic E-state index is 11.5. The summed E-state index contributed by atoms with van der Waals surface area (Å²) >= 11 is 5.79. The average Bonchev–Trinajstić information content (AvgIpc) is 2.17. The van der Waals surface area contributed by atoms with Crippen LogP contribution < -0.4 is 11.5 Å². The first-order chi connectivity index (χ1) is 7.36. The third-order valence-electron chi connectivity index (χ3n) is 2.53. The highest BCUT2D eigenvalue weighted by Gasteiger charge is 2.34. The highest BCUT2D eigenvalue weighted by molar-refractivity contribution is 6.30. The van der Waals surface area contributed by atoms with E-state index in [1.54, 1.807) is 24.3 Å². The molecule has 1 unspecified atom stereocenters. The van der Waals surface area contributed by atoms with Crippen LogP contribution in [0.2, 0.25) is 5.02 Å². The number of carbonyl (C=O) groups excluding carboxylic acids is 1. The van der Waals surface area contributed by atoms with E-state index < -0.39 is 11.4 Å². The lowest BCUT2D eigenvalue weighted by molar-refractivity contribution is -0.124. The Bertz CT molecular complexity index is 375. The van der Waals surface area contributed by atoms with E-state index in [2.05, 4.69) is 0 Å². The first kappa shape index (κ1) is 13.0. The molecule has 3 nitrogen and oxygen atoms in total. The van der Waals surface area contributed by atoms with E-state index in [4.69, 9.17) is 23.1 Å². The summed E-state index contributed by atoms with van der Waals surface area (Å²) < 4.78 is 0. The Morgan fingerprint density at radius 2 is 1.88 bits per heavy atom. The number of benzene rings is 1. The fourth-order valence-electron chi connectivity index (χ4n) is 1.75. The van der Waals surface area contributed by atoms with Gasteiger partial charge in [0.05, 0.1) is 0 Å². The van der Waals surface area contributed by atoms with Crippen LogP contribution in [0.1, 0.15) is 25.8 Å². The molecule has 1 rings (SSSR count). The van der Waals surface area contributed by atoms with Gasteiger partial charge in [-0.25, -0.2) is 0 Å². The van der Waals surface area contributed by atoms with Gasteiger partial charge in [-0.1, -0.05) is 37.6 Å². The van der Waals surface area contributed by atoms with Gasteiger partial charge in [0.1, 0.15) is 5.54 Å². The quantitative estimate of drug-likeness (QED) is 0.846. The molecule has 88 valence electrons. The number of carbonyl (C=O) groups is 1. The predicted octanol–water partition coefficient (Wildman–Crippen LogP) is 2.03. The van der Waals surface area contributed by atoms with Gasteiger partial charge < -0.3 is 11.5 Å². The molecule has 0 saturated carbocycles. The number of hydrogen-bond acceptors (Lipinski definition) is 2. The molecule has 0 saturated heterocycles. The first-order valence-electron chi connectivity index (χ1n) is 5.21. The van der Waals surface area contributed by atoms with Crippen molar-refractivity contribution in [2.75, 3.05) is 0 Å². The van der Waals surface area contributed by atoms with Gasteiger partial charge in [0.15, 0.2) is 0 Å². The summed E-state index contributed by atoms with van der Waals surface area (Å²) in [5, 5.41) is 0.611. The first-order valence-corrected chi connectivity index (χ1v) is 5.59. The van der Waals surface area contributed by atoms with Gasteiger partial charge in [-0.3, -0.25) is 4.79 Å². The fourth-order valence-corrected chi connectivity index (χ4v) is 1.88. The van der Waals surface area contributed by atoms with Crippen molar-refractivity contribution in [3.05, 3.63) is 34.9 Å². The highest BCUT2D eigenvalue weighted by atomic mass is 35.5. The van der Waals surface area contributed by atoms with Gasteiger partial charge >= 0.3 is 0 Å². The van der Waals surface area contributed by atoms with Crippen LogP contribution >= 0.6 is 11.6 Å². The van der Waals surface area contributed by atoms with Crippen molar-refractivity contribution in [3.63, 3.8) is 0 Å². The predicted molar refractivity (Wildman–Crippen MR) is 66.0 cm³/mol. The maximum atomic E-state index is 11.5. The van der Waals surface area contributed by atoms with Gasteiger partial charge in [-0.15, -0.1) is 0 Å². The Labute approximate surface area is 101 Å². The molecule has 0 heterocycles. The smallest absolute Gasteiger partial charge is 0.242 e. The van der Waals surface area contributed by atoms with Crippen LogP contribution in [0.5, 0.6) is 0 Å². The molecular weight excluding hydrogens is 224 g/mol. The van der Waals surface area contributed by atoms with Crippen LogP contribution in [-0.4, -0.2) is 5.91 Å². The van der Waals surface area contributed by atoms with Crippen LogP contribution in [0, 0.1) is 5.92 Å². The lowest BCUT2D eigenvalue weighted by Crippen LogP contribution is -2.49. The van der Waals surface area contributed by atoms with E-state index in [1.165, 1.54) is 0 Å². The number of halogens is 1. The summed E-state index contributed by atoms with van der Waals surface area (Å²) in [7, 11) is 0. The molecule has 0 aliphatic rings. The van der Waals surface area contributed by atoms with Crippen LogP contribution in [-0.2, 0) is 10.3 Å². The second kappa shape index (κ2) is 4.85. The Hall–Kier alpha value is -1.06. The third kappa shape index (κ3) is 2.74. The zero-order valence-electron chi connectivity index (χ0n) is 9.53. The standard InChI is InChI=1S/C12H17ClN2O/c1-8(2)7-12(15,11(14)16)9-3-5-10(13)6-4-9/h3-6,8H,7,15H2,1-2H3,(H2,14,16). The van der Waals surface area contributed by atoms with Crippen LogP contribution in [0.3, 0.4) is 0 Å². The molecule has 1 aromatic carbocycles. The molecule has 0 fully saturated rings. The van der Waals surface area contributed by atoms with Crippen molar-refractivity contribution in [2.24, 2.45) is 17.4 Å². The molecule has 0 radical (unpaired) electrons. The molecule has 1 atom stereocenters. The summed E-state index contributed by atoms with van der Waals surface area (Å²) in [5.74, 6) is -0.225. The molecule has 1 amide bonds. The molecule has 0 aliphatic carbocycles. The average molecular weight is 241 g/mol. The third-order valence-corrected chi connectivity index (χ3v) is 2.78. The second-order valence-corrected chi connectivity index (χ2v) is 4.88. The Kier molecular flexibility index (Phi) is 3.94. The summed E-state index contributed by atoms with van der Waals surface area (Å²) in [6, 6.07) is 6.91. The molecule has 1 aromatic rings. The normalized spacial score (nSPS) is 14.8. The Morgan fingerprint density at radius 1 is 1.38 bits per heavy atom. The minimum Gasteiger partial charge on any atom is -0.368 e. The van der Waals surface area contributed by atoms with Crippen LogP contribution in [0.15, 0.2) is 24.3 Å². The van der Waals surface area contributed by atoms with Gasteiger partial charge in [0, 0.05) is 5.02 Å². The van der Waals surface area contributed by atoms with Gasteiger partial charge in [0.2, 0.25) is 5.91 Å². The minimum absolute atomic E-state index is 0.285. The van der Waals surface area contributed by atoms with Crippen LogP contribution in [0.25, 0.3) is 0 Å². The van der Waals surface area contributed by atoms with Gasteiger partial charge in [-0.2, -0.15) is 0 Å². The molecule has 4 N–H and O–H groups in total. The number of rotatable bonds is 4. The zero-order valence-corrected chi connectivity index (χ0v) is 10.3. The summed E-state index contributed by atoms with van der Waals surface area (Å²) in [6.07, 6.45) is 0.518. The van der Waals surface area contributed by atoms with Crippen molar-refractivity contribution in [2.45, 2.75) is 25.8 Å². The van der Waals surface area contributed by atoms with E-state index in [0.717, 1.165) is 0 Å². The lowest BCUT2D eigenvalue weighted by atomic mass is 9.83. The maximum Gasteiger partial charge on any atom is 0.242 e. The molecule has 0 bridgehead atoms. The Balaban J connectivity index is 3.11.